The number of nitrogens with zero attached hydrogens (tertiary/aromatic N) is 5. The van der Waals surface area contributed by atoms with Gasteiger partial charge in [0.05, 0.1) is 27.5 Å². The fourth-order valence-corrected chi connectivity index (χ4v) is 4.04. The van der Waals surface area contributed by atoms with Crippen molar-refractivity contribution in [1.82, 2.24) is 24.3 Å². The molecule has 1 aromatic carbocycles. The lowest BCUT2D eigenvalue weighted by molar-refractivity contribution is -0.109. The minimum absolute atomic E-state index is 0.0868. The molecular weight excluding hydrogens is 474 g/mol. The van der Waals surface area contributed by atoms with Gasteiger partial charge in [0.25, 0.3) is 0 Å². The first kappa shape index (κ1) is 24.6. The van der Waals surface area contributed by atoms with Crippen LogP contribution in [0.1, 0.15) is 12.8 Å². The number of carbonyl (C=O) groups is 1. The number of aromatic nitrogens is 3. The van der Waals surface area contributed by atoms with Crippen molar-refractivity contribution in [3.8, 4) is 17.2 Å². The maximum absolute atomic E-state index is 12.7. The Morgan fingerprint density at radius 1 is 1.09 bits per heavy atom. The number of nitrogens with one attached hydrogen (secondary N) is 2. The number of urea groups is 1. The van der Waals surface area contributed by atoms with Gasteiger partial charge in [-0.3, -0.25) is 9.62 Å². The molecular formula is C22H27N7O5S. The molecule has 0 atom stereocenters. The van der Waals surface area contributed by atoms with Gasteiger partial charge in [-0.15, -0.1) is 0 Å². The minimum Gasteiger partial charge on any atom is -0.493 e. The van der Waals surface area contributed by atoms with E-state index in [2.05, 4.69) is 38.4 Å². The summed E-state index contributed by atoms with van der Waals surface area (Å²) in [5.41, 5.74) is 1.56. The van der Waals surface area contributed by atoms with Gasteiger partial charge in [-0.05, 0) is 25.0 Å². The van der Waals surface area contributed by atoms with Crippen LogP contribution >= 0.6 is 12.8 Å². The van der Waals surface area contributed by atoms with E-state index < -0.39 is 6.03 Å². The number of piperidine rings is 1. The quantitative estimate of drug-likeness (QED) is 0.357. The zero-order chi connectivity index (χ0) is 24.9. The molecule has 0 aliphatic carbocycles. The average Bonchev–Trinajstić information content (AvgIpc) is 2.87. The van der Waals surface area contributed by atoms with Crippen molar-refractivity contribution in [2.75, 3.05) is 45.1 Å². The molecule has 0 unspecified atom stereocenters. The molecule has 35 heavy (non-hydrogen) atoms. The molecule has 0 spiro atoms. The maximum Gasteiger partial charge on any atom is 0.333 e. The first-order valence-electron chi connectivity index (χ1n) is 10.9. The van der Waals surface area contributed by atoms with Crippen LogP contribution in [0.2, 0.25) is 0 Å². The van der Waals surface area contributed by atoms with Crippen molar-refractivity contribution in [1.29, 1.82) is 0 Å². The largest absolute Gasteiger partial charge is 0.493 e. The Balaban J connectivity index is 1.51. The number of benzene rings is 1. The van der Waals surface area contributed by atoms with Crippen LogP contribution in [0, 0.1) is 0 Å². The number of carbonyl (C=O) groups excluding carboxylic acids is 1. The normalized spacial score (nSPS) is 14.4. The molecule has 2 aromatic heterocycles. The summed E-state index contributed by atoms with van der Waals surface area (Å²) in [6.07, 6.45) is 2.83. The highest BCUT2D eigenvalue weighted by atomic mass is 32.1. The van der Waals surface area contributed by atoms with Gasteiger partial charge < -0.3 is 24.7 Å². The maximum atomic E-state index is 12.7. The first-order chi connectivity index (χ1) is 16.9. The van der Waals surface area contributed by atoms with E-state index in [4.69, 9.17) is 14.2 Å². The fourth-order valence-electron chi connectivity index (χ4n) is 3.76. The molecule has 0 saturated carbocycles. The van der Waals surface area contributed by atoms with Gasteiger partial charge in [0.15, 0.2) is 23.0 Å². The van der Waals surface area contributed by atoms with Crippen molar-refractivity contribution in [3.63, 3.8) is 0 Å². The number of anilines is 3. The summed E-state index contributed by atoms with van der Waals surface area (Å²) in [5, 5.41) is 16.7. The zero-order valence-electron chi connectivity index (χ0n) is 19.6. The Hall–Kier alpha value is -3.55. The molecule has 0 radical (unpaired) electrons. The van der Waals surface area contributed by atoms with Gasteiger partial charge in [0.2, 0.25) is 5.75 Å². The van der Waals surface area contributed by atoms with Gasteiger partial charge in [-0.25, -0.2) is 19.7 Å². The highest BCUT2D eigenvalue weighted by Gasteiger charge is 2.26. The van der Waals surface area contributed by atoms with E-state index in [0.717, 1.165) is 0 Å². The van der Waals surface area contributed by atoms with Gasteiger partial charge >= 0.3 is 6.03 Å². The molecule has 0 bridgehead atoms. The topological polar surface area (TPSA) is 134 Å². The second kappa shape index (κ2) is 10.8. The Morgan fingerprint density at radius 3 is 2.37 bits per heavy atom. The molecule has 1 fully saturated rings. The highest BCUT2D eigenvalue weighted by Crippen LogP contribution is 2.40. The van der Waals surface area contributed by atoms with Crippen LogP contribution < -0.4 is 24.8 Å². The molecule has 13 heteroatoms. The van der Waals surface area contributed by atoms with Crippen molar-refractivity contribution in [2.45, 2.75) is 18.9 Å². The zero-order valence-corrected chi connectivity index (χ0v) is 20.5. The summed E-state index contributed by atoms with van der Waals surface area (Å²) >= 11 is 4.35. The highest BCUT2D eigenvalue weighted by molar-refractivity contribution is 7.78. The van der Waals surface area contributed by atoms with E-state index >= 15 is 0 Å². The third-order valence-corrected chi connectivity index (χ3v) is 6.08. The lowest BCUT2D eigenvalue weighted by Crippen LogP contribution is -2.43. The van der Waals surface area contributed by atoms with Gasteiger partial charge in [0.1, 0.15) is 11.3 Å². The predicted octanol–water partition coefficient (Wildman–Crippen LogP) is 3.33. The Kier molecular flexibility index (Phi) is 7.58. The standard InChI is InChI=1S/C22H27N7O5S/c1-32-16-10-13(11-17(33-2)20(16)34-3)24-19-12-23-15-4-5-18(25-21(15)26-19)27-22(30)29(35)14-6-8-28(31)9-7-14/h4-5,10-12,14,31,35H,6-9H2,1-3H3,(H2,24,25,26,27,30). The fraction of sp³-hybridized carbons (Fsp3) is 0.364. The number of pyridine rings is 1. The van der Waals surface area contributed by atoms with E-state index in [9.17, 15) is 10.0 Å². The smallest absolute Gasteiger partial charge is 0.333 e. The van der Waals surface area contributed by atoms with E-state index in [1.54, 1.807) is 30.5 Å². The number of methoxy groups -OCH3 is 3. The lowest BCUT2D eigenvalue weighted by Gasteiger charge is -2.32. The monoisotopic (exact) mass is 501 g/mol. The minimum atomic E-state index is -0.406. The molecule has 4 rings (SSSR count). The van der Waals surface area contributed by atoms with E-state index in [0.29, 0.717) is 71.7 Å². The molecule has 3 aromatic rings. The molecule has 1 aliphatic rings. The molecule has 1 saturated heterocycles. The predicted molar refractivity (Wildman–Crippen MR) is 133 cm³/mol. The second-order valence-corrected chi connectivity index (χ2v) is 8.22. The second-order valence-electron chi connectivity index (χ2n) is 7.79. The average molecular weight is 502 g/mol. The number of thiol groups is 1. The number of ether oxygens (including phenoxy) is 3. The van der Waals surface area contributed by atoms with Crippen LogP contribution in [-0.2, 0) is 0 Å². The Bertz CT molecular complexity index is 1180. The number of amides is 2. The molecule has 1 aliphatic heterocycles. The molecule has 3 N–H and O–H groups in total. The molecule has 3 heterocycles. The van der Waals surface area contributed by atoms with Crippen LogP contribution in [0.3, 0.4) is 0 Å². The van der Waals surface area contributed by atoms with Gasteiger partial charge in [-0.2, -0.15) is 5.06 Å². The summed E-state index contributed by atoms with van der Waals surface area (Å²) in [6.45, 7) is 0.973. The Morgan fingerprint density at radius 2 is 1.74 bits per heavy atom. The summed E-state index contributed by atoms with van der Waals surface area (Å²) in [6, 6.07) is 6.38. The summed E-state index contributed by atoms with van der Waals surface area (Å²) < 4.78 is 17.5. The summed E-state index contributed by atoms with van der Waals surface area (Å²) in [7, 11) is 4.62. The number of hydrogen-bond donors (Lipinski definition) is 4. The van der Waals surface area contributed by atoms with Crippen molar-refractivity contribution < 1.29 is 24.2 Å². The summed E-state index contributed by atoms with van der Waals surface area (Å²) in [5.74, 6) is 2.22. The lowest BCUT2D eigenvalue weighted by atomic mass is 10.1. The SMILES string of the molecule is COc1cc(Nc2cnc3ccc(NC(=O)N(S)C4CCN(O)CC4)nc3n2)cc(OC)c1OC. The van der Waals surface area contributed by atoms with Crippen LogP contribution in [0.4, 0.5) is 22.1 Å². The number of hydrogen-bond acceptors (Lipinski definition) is 11. The first-order valence-corrected chi connectivity index (χ1v) is 11.3. The third kappa shape index (κ3) is 5.58. The van der Waals surface area contributed by atoms with Crippen molar-refractivity contribution >= 4 is 47.3 Å². The van der Waals surface area contributed by atoms with Crippen LogP contribution in [0.15, 0.2) is 30.5 Å². The van der Waals surface area contributed by atoms with Gasteiger partial charge in [0, 0.05) is 37.0 Å². The molecule has 2 amide bonds. The van der Waals surface area contributed by atoms with Crippen LogP contribution in [0.5, 0.6) is 17.2 Å². The number of fused-ring (bicyclic) bond motifs is 1. The third-order valence-electron chi connectivity index (χ3n) is 5.57. The van der Waals surface area contributed by atoms with Crippen LogP contribution in [-0.4, -0.2) is 76.0 Å². The van der Waals surface area contributed by atoms with E-state index in [-0.39, 0.29) is 6.04 Å². The van der Waals surface area contributed by atoms with Gasteiger partial charge in [-0.1, -0.05) is 12.8 Å². The number of hydroxylamine groups is 2. The van der Waals surface area contributed by atoms with Crippen molar-refractivity contribution in [3.05, 3.63) is 30.5 Å². The Labute approximate surface area is 207 Å². The van der Waals surface area contributed by atoms with Crippen molar-refractivity contribution in [2.24, 2.45) is 0 Å². The molecule has 12 nitrogen and oxygen atoms in total. The van der Waals surface area contributed by atoms with Crippen LogP contribution in [0.25, 0.3) is 11.2 Å². The molecule has 186 valence electrons. The number of rotatable bonds is 7. The van der Waals surface area contributed by atoms with E-state index in [1.165, 1.54) is 30.7 Å². The summed E-state index contributed by atoms with van der Waals surface area (Å²) in [4.78, 5) is 26.0. The van der Waals surface area contributed by atoms with E-state index in [1.807, 2.05) is 0 Å².